The van der Waals surface area contributed by atoms with Crippen LogP contribution in [0, 0.1) is 11.2 Å². The predicted molar refractivity (Wildman–Crippen MR) is 86.6 cm³/mol. The van der Waals surface area contributed by atoms with E-state index in [4.69, 9.17) is 4.74 Å². The van der Waals surface area contributed by atoms with E-state index in [1.807, 2.05) is 20.8 Å². The fraction of sp³-hybridized carbons (Fsp3) is 0.529. The Morgan fingerprint density at radius 1 is 1.26 bits per heavy atom. The summed E-state index contributed by atoms with van der Waals surface area (Å²) in [6.45, 7) is 7.75. The maximum Gasteiger partial charge on any atom is 0.222 e. The number of rotatable bonds is 7. The number of hydrogen-bond acceptors (Lipinski definition) is 3. The van der Waals surface area contributed by atoms with Crippen molar-refractivity contribution in [3.63, 3.8) is 0 Å². The Kier molecular flexibility index (Phi) is 7.00. The Balaban J connectivity index is 2.58. The molecule has 6 heteroatoms. The minimum atomic E-state index is -0.433. The maximum atomic E-state index is 13.6. The van der Waals surface area contributed by atoms with Gasteiger partial charge in [0.05, 0.1) is 6.04 Å². The summed E-state index contributed by atoms with van der Waals surface area (Å²) < 4.78 is 19.1. The summed E-state index contributed by atoms with van der Waals surface area (Å²) in [5.41, 5.74) is -0.255. The highest BCUT2D eigenvalue weighted by Gasteiger charge is 2.27. The molecule has 0 heterocycles. The summed E-state index contributed by atoms with van der Waals surface area (Å²) in [5.74, 6) is -0.629. The van der Waals surface area contributed by atoms with Gasteiger partial charge in [0.1, 0.15) is 6.61 Å². The Hall–Kier alpha value is -2.11. The number of benzene rings is 1. The highest BCUT2D eigenvalue weighted by atomic mass is 19.1. The summed E-state index contributed by atoms with van der Waals surface area (Å²) in [4.78, 5) is 22.8. The number of para-hydroxylation sites is 1. The van der Waals surface area contributed by atoms with Crippen LogP contribution in [0.15, 0.2) is 24.3 Å². The van der Waals surface area contributed by atoms with Crippen LogP contribution in [0.4, 0.5) is 4.39 Å². The molecule has 128 valence electrons. The second-order valence-electron chi connectivity index (χ2n) is 6.46. The first-order valence-corrected chi connectivity index (χ1v) is 7.61. The van der Waals surface area contributed by atoms with E-state index < -0.39 is 5.82 Å². The maximum absolute atomic E-state index is 13.6. The number of carbonyl (C=O) groups excluding carboxylic acids is 2. The van der Waals surface area contributed by atoms with Crippen molar-refractivity contribution in [1.82, 2.24) is 10.6 Å². The molecule has 0 saturated heterocycles. The van der Waals surface area contributed by atoms with Gasteiger partial charge in [-0.1, -0.05) is 32.9 Å². The summed E-state index contributed by atoms with van der Waals surface area (Å²) in [6.07, 6.45) is 0.186. The van der Waals surface area contributed by atoms with Crippen LogP contribution in [0.1, 0.15) is 34.1 Å². The van der Waals surface area contributed by atoms with Gasteiger partial charge < -0.3 is 15.4 Å². The molecule has 2 amide bonds. The molecule has 2 N–H and O–H groups in total. The molecule has 0 aliphatic heterocycles. The normalized spacial score (nSPS) is 12.4. The number of amides is 2. The standard InChI is InChI=1S/C17H25FN2O3/c1-12(21)19-10-9-16(22)20-15(17(2,3)4)11-23-14-8-6-5-7-13(14)18/h5-8,15H,9-11H2,1-4H3,(H,19,21)(H,20,22). The molecule has 0 aliphatic rings. The van der Waals surface area contributed by atoms with Gasteiger partial charge in [0.25, 0.3) is 0 Å². The largest absolute Gasteiger partial charge is 0.488 e. The van der Waals surface area contributed by atoms with Gasteiger partial charge in [0.2, 0.25) is 11.8 Å². The zero-order valence-corrected chi connectivity index (χ0v) is 14.1. The van der Waals surface area contributed by atoms with Crippen LogP contribution in [-0.2, 0) is 9.59 Å². The number of hydrogen-bond donors (Lipinski definition) is 2. The summed E-state index contributed by atoms with van der Waals surface area (Å²) in [6, 6.07) is 5.87. The molecule has 1 aromatic carbocycles. The number of nitrogens with one attached hydrogen (secondary N) is 2. The van der Waals surface area contributed by atoms with Gasteiger partial charge in [0, 0.05) is 19.9 Å². The van der Waals surface area contributed by atoms with E-state index in [1.54, 1.807) is 18.2 Å². The fourth-order valence-corrected chi connectivity index (χ4v) is 1.86. The molecule has 0 fully saturated rings. The molecule has 0 saturated carbocycles. The first-order chi connectivity index (χ1) is 10.7. The van der Waals surface area contributed by atoms with Gasteiger partial charge >= 0.3 is 0 Å². The molecule has 0 bridgehead atoms. The lowest BCUT2D eigenvalue weighted by atomic mass is 9.87. The van der Waals surface area contributed by atoms with E-state index >= 15 is 0 Å². The highest BCUT2D eigenvalue weighted by Crippen LogP contribution is 2.22. The van der Waals surface area contributed by atoms with Gasteiger partial charge in [-0.25, -0.2) is 4.39 Å². The van der Waals surface area contributed by atoms with E-state index in [2.05, 4.69) is 10.6 Å². The molecule has 5 nitrogen and oxygen atoms in total. The van der Waals surface area contributed by atoms with Crippen LogP contribution < -0.4 is 15.4 Å². The smallest absolute Gasteiger partial charge is 0.222 e. The third kappa shape index (κ3) is 7.13. The van der Waals surface area contributed by atoms with Crippen LogP contribution in [-0.4, -0.2) is 31.0 Å². The van der Waals surface area contributed by atoms with E-state index in [0.717, 1.165) is 0 Å². The quantitative estimate of drug-likeness (QED) is 0.808. The van der Waals surface area contributed by atoms with Crippen LogP contribution in [0.25, 0.3) is 0 Å². The summed E-state index contributed by atoms with van der Waals surface area (Å²) in [7, 11) is 0. The molecule has 0 radical (unpaired) electrons. The lowest BCUT2D eigenvalue weighted by molar-refractivity contribution is -0.123. The Morgan fingerprint density at radius 3 is 2.48 bits per heavy atom. The van der Waals surface area contributed by atoms with Crippen LogP contribution in [0.3, 0.4) is 0 Å². The fourth-order valence-electron chi connectivity index (χ4n) is 1.86. The van der Waals surface area contributed by atoms with Crippen LogP contribution >= 0.6 is 0 Å². The van der Waals surface area contributed by atoms with Gasteiger partial charge in [-0.05, 0) is 17.5 Å². The Morgan fingerprint density at radius 2 is 1.91 bits per heavy atom. The average molecular weight is 324 g/mol. The summed E-state index contributed by atoms with van der Waals surface area (Å²) >= 11 is 0. The number of halogens is 1. The third-order valence-electron chi connectivity index (χ3n) is 3.35. The molecule has 0 aromatic heterocycles. The lowest BCUT2D eigenvalue weighted by Crippen LogP contribution is -2.48. The molecule has 0 aliphatic carbocycles. The van der Waals surface area contributed by atoms with Crippen LogP contribution in [0.5, 0.6) is 5.75 Å². The van der Waals surface area contributed by atoms with Crippen molar-refractivity contribution >= 4 is 11.8 Å². The highest BCUT2D eigenvalue weighted by molar-refractivity contribution is 5.78. The minimum Gasteiger partial charge on any atom is -0.488 e. The van der Waals surface area contributed by atoms with Gasteiger partial charge in [-0.3, -0.25) is 9.59 Å². The zero-order valence-electron chi connectivity index (χ0n) is 14.1. The van der Waals surface area contributed by atoms with Crippen molar-refractivity contribution in [2.45, 2.75) is 40.2 Å². The van der Waals surface area contributed by atoms with Crippen molar-refractivity contribution in [3.8, 4) is 5.75 Å². The monoisotopic (exact) mass is 324 g/mol. The second kappa shape index (κ2) is 8.50. The molecule has 1 aromatic rings. The topological polar surface area (TPSA) is 67.4 Å². The van der Waals surface area contributed by atoms with Gasteiger partial charge in [-0.2, -0.15) is 0 Å². The van der Waals surface area contributed by atoms with E-state index in [0.29, 0.717) is 0 Å². The Bertz CT molecular complexity index is 541. The zero-order chi connectivity index (χ0) is 17.5. The third-order valence-corrected chi connectivity index (χ3v) is 3.35. The SMILES string of the molecule is CC(=O)NCCC(=O)NC(COc1ccccc1F)C(C)(C)C. The second-order valence-corrected chi connectivity index (χ2v) is 6.46. The van der Waals surface area contributed by atoms with E-state index in [1.165, 1.54) is 13.0 Å². The molecular formula is C17H25FN2O3. The lowest BCUT2D eigenvalue weighted by Gasteiger charge is -2.31. The van der Waals surface area contributed by atoms with Crippen molar-refractivity contribution in [2.24, 2.45) is 5.41 Å². The van der Waals surface area contributed by atoms with Gasteiger partial charge in [-0.15, -0.1) is 0 Å². The molecule has 1 atom stereocenters. The first-order valence-electron chi connectivity index (χ1n) is 7.61. The molecular weight excluding hydrogens is 299 g/mol. The van der Waals surface area contributed by atoms with E-state index in [9.17, 15) is 14.0 Å². The Labute approximate surface area is 136 Å². The molecule has 1 unspecified atom stereocenters. The molecule has 1 rings (SSSR count). The van der Waals surface area contributed by atoms with Crippen molar-refractivity contribution in [1.29, 1.82) is 0 Å². The number of ether oxygens (including phenoxy) is 1. The van der Waals surface area contributed by atoms with Crippen LogP contribution in [0.2, 0.25) is 0 Å². The van der Waals surface area contributed by atoms with Crippen molar-refractivity contribution in [2.75, 3.05) is 13.2 Å². The van der Waals surface area contributed by atoms with Crippen molar-refractivity contribution in [3.05, 3.63) is 30.1 Å². The van der Waals surface area contributed by atoms with E-state index in [-0.39, 0.29) is 48.6 Å². The van der Waals surface area contributed by atoms with Gasteiger partial charge in [0.15, 0.2) is 11.6 Å². The van der Waals surface area contributed by atoms with Crippen molar-refractivity contribution < 1.29 is 18.7 Å². The first kappa shape index (κ1) is 18.9. The predicted octanol–water partition coefficient (Wildman–Crippen LogP) is 2.26. The molecule has 23 heavy (non-hydrogen) atoms. The summed E-state index contributed by atoms with van der Waals surface area (Å²) in [5, 5.41) is 5.46. The number of carbonyl (C=O) groups is 2. The average Bonchev–Trinajstić information content (AvgIpc) is 2.43. The molecule has 0 spiro atoms. The minimum absolute atomic E-state index is 0.161.